The number of benzene rings is 2. The van der Waals surface area contributed by atoms with Gasteiger partial charge in [0.25, 0.3) is 5.91 Å². The molecule has 0 atom stereocenters. The van der Waals surface area contributed by atoms with Crippen LogP contribution in [-0.4, -0.2) is 39.2 Å². The number of nitrogens with zero attached hydrogens (tertiary/aromatic N) is 1. The molecule has 27 heavy (non-hydrogen) atoms. The topological polar surface area (TPSA) is 80.8 Å². The van der Waals surface area contributed by atoms with Gasteiger partial charge in [-0.05, 0) is 42.3 Å². The van der Waals surface area contributed by atoms with Gasteiger partial charge in [-0.15, -0.1) is 0 Å². The summed E-state index contributed by atoms with van der Waals surface area (Å²) in [5.41, 5.74) is 1.77. The Kier molecular flexibility index (Phi) is 5.22. The summed E-state index contributed by atoms with van der Waals surface area (Å²) in [6.45, 7) is 0.0141. The van der Waals surface area contributed by atoms with Crippen LogP contribution in [0, 0.1) is 0 Å². The van der Waals surface area contributed by atoms with E-state index in [4.69, 9.17) is 4.74 Å². The molecule has 9 heteroatoms. The minimum atomic E-state index is -4.73. The molecule has 0 aromatic heterocycles. The lowest BCUT2D eigenvalue weighted by atomic mass is 10.2. The summed E-state index contributed by atoms with van der Waals surface area (Å²) in [5, 5.41) is 0. The number of alkyl halides is 2. The normalized spacial score (nSPS) is 13.5. The van der Waals surface area contributed by atoms with Crippen LogP contribution in [0.5, 0.6) is 0 Å². The molecule has 2 aromatic carbocycles. The first kappa shape index (κ1) is 19.0. The van der Waals surface area contributed by atoms with Gasteiger partial charge < -0.3 is 9.64 Å². The third kappa shape index (κ3) is 3.82. The molecule has 142 valence electrons. The third-order valence-electron chi connectivity index (χ3n) is 4.17. The van der Waals surface area contributed by atoms with E-state index in [0.717, 1.165) is 41.9 Å². The molecule has 0 N–H and O–H groups in total. The maximum Gasteiger partial charge on any atom is 0.341 e. The number of fused-ring (bicyclic) bond motifs is 1. The average Bonchev–Trinajstić information content (AvgIpc) is 3.10. The summed E-state index contributed by atoms with van der Waals surface area (Å²) >= 11 is 0. The van der Waals surface area contributed by atoms with Gasteiger partial charge in [-0.1, -0.05) is 18.2 Å². The molecule has 1 aliphatic rings. The molecule has 0 fully saturated rings. The molecule has 2 aromatic rings. The highest BCUT2D eigenvalue weighted by Crippen LogP contribution is 2.27. The largest absolute Gasteiger partial charge is 0.452 e. The van der Waals surface area contributed by atoms with Gasteiger partial charge in [-0.25, -0.2) is 13.2 Å². The summed E-state index contributed by atoms with van der Waals surface area (Å²) in [4.78, 5) is 25.2. The van der Waals surface area contributed by atoms with Crippen molar-refractivity contribution >= 4 is 27.4 Å². The molecule has 1 heterocycles. The van der Waals surface area contributed by atoms with E-state index in [2.05, 4.69) is 0 Å². The van der Waals surface area contributed by atoms with Gasteiger partial charge >= 0.3 is 11.7 Å². The summed E-state index contributed by atoms with van der Waals surface area (Å²) in [6, 6.07) is 11.3. The molecular formula is C18H15F2NO5S. The Balaban J connectivity index is 1.62. The number of carbonyl (C=O) groups is 2. The van der Waals surface area contributed by atoms with Crippen molar-refractivity contribution in [1.82, 2.24) is 0 Å². The van der Waals surface area contributed by atoms with Crippen LogP contribution < -0.4 is 4.90 Å². The van der Waals surface area contributed by atoms with Crippen molar-refractivity contribution in [3.05, 3.63) is 59.7 Å². The van der Waals surface area contributed by atoms with Crippen molar-refractivity contribution in [3.63, 3.8) is 0 Å². The Labute approximate surface area is 154 Å². The fraction of sp³-hybridized carbons (Fsp3) is 0.222. The number of amides is 1. The van der Waals surface area contributed by atoms with Crippen molar-refractivity contribution in [2.24, 2.45) is 0 Å². The van der Waals surface area contributed by atoms with Gasteiger partial charge in [-0.3, -0.25) is 4.79 Å². The second-order valence-corrected chi connectivity index (χ2v) is 7.75. The molecular weight excluding hydrogens is 380 g/mol. The Bertz CT molecular complexity index is 974. The number of para-hydroxylation sites is 1. The van der Waals surface area contributed by atoms with Crippen molar-refractivity contribution < 1.29 is 31.5 Å². The minimum Gasteiger partial charge on any atom is -0.452 e. The predicted molar refractivity (Wildman–Crippen MR) is 92.4 cm³/mol. The number of rotatable bonds is 5. The average molecular weight is 395 g/mol. The minimum absolute atomic E-state index is 0.0437. The van der Waals surface area contributed by atoms with Crippen molar-refractivity contribution in [2.75, 3.05) is 18.1 Å². The smallest absolute Gasteiger partial charge is 0.341 e. The van der Waals surface area contributed by atoms with Gasteiger partial charge in [0.2, 0.25) is 9.84 Å². The van der Waals surface area contributed by atoms with E-state index in [1.807, 2.05) is 24.3 Å². The molecule has 0 bridgehead atoms. The second-order valence-electron chi connectivity index (χ2n) is 5.83. The maximum absolute atomic E-state index is 12.5. The van der Waals surface area contributed by atoms with E-state index in [1.54, 1.807) is 0 Å². The van der Waals surface area contributed by atoms with Gasteiger partial charge in [0, 0.05) is 12.2 Å². The monoisotopic (exact) mass is 395 g/mol. The first-order valence-corrected chi connectivity index (χ1v) is 9.53. The molecule has 6 nitrogen and oxygen atoms in total. The Morgan fingerprint density at radius 2 is 1.74 bits per heavy atom. The molecule has 0 aliphatic carbocycles. The first-order valence-electron chi connectivity index (χ1n) is 7.98. The molecule has 0 radical (unpaired) electrons. The van der Waals surface area contributed by atoms with E-state index in [9.17, 15) is 26.8 Å². The van der Waals surface area contributed by atoms with Crippen LogP contribution in [0.2, 0.25) is 0 Å². The number of sulfone groups is 1. The van der Waals surface area contributed by atoms with Crippen molar-refractivity contribution in [2.45, 2.75) is 17.1 Å². The highest BCUT2D eigenvalue weighted by Gasteiger charge is 2.27. The van der Waals surface area contributed by atoms with Gasteiger partial charge in [0.15, 0.2) is 6.61 Å². The number of esters is 1. The van der Waals surface area contributed by atoms with Crippen LogP contribution in [-0.2, 0) is 25.8 Å². The summed E-state index contributed by atoms with van der Waals surface area (Å²) in [5.74, 6) is -4.78. The zero-order chi connectivity index (χ0) is 19.6. The zero-order valence-electron chi connectivity index (χ0n) is 14.0. The van der Waals surface area contributed by atoms with Crippen LogP contribution in [0.1, 0.15) is 15.9 Å². The molecule has 0 saturated heterocycles. The lowest BCUT2D eigenvalue weighted by Crippen LogP contribution is -2.33. The molecule has 1 aliphatic heterocycles. The zero-order valence-corrected chi connectivity index (χ0v) is 14.8. The second kappa shape index (κ2) is 7.43. The Morgan fingerprint density at radius 3 is 2.41 bits per heavy atom. The highest BCUT2D eigenvalue weighted by molar-refractivity contribution is 7.91. The van der Waals surface area contributed by atoms with Gasteiger partial charge in [-0.2, -0.15) is 8.78 Å². The third-order valence-corrected chi connectivity index (χ3v) is 5.57. The molecule has 3 rings (SSSR count). The number of hydrogen-bond donors (Lipinski definition) is 0. The maximum atomic E-state index is 12.5. The van der Waals surface area contributed by atoms with E-state index < -0.39 is 33.1 Å². The number of halogens is 2. The SMILES string of the molecule is O=C(OCC(=O)N1CCc2ccccc21)c1ccc(S(=O)(=O)C(F)F)cc1. The van der Waals surface area contributed by atoms with Crippen LogP contribution in [0.4, 0.5) is 14.5 Å². The van der Waals surface area contributed by atoms with Crippen LogP contribution in [0.3, 0.4) is 0 Å². The number of carbonyl (C=O) groups excluding carboxylic acids is 2. The van der Waals surface area contributed by atoms with Crippen molar-refractivity contribution in [3.8, 4) is 0 Å². The summed E-state index contributed by atoms with van der Waals surface area (Å²) in [6.07, 6.45) is 0.718. The van der Waals surface area contributed by atoms with Gasteiger partial charge in [0.1, 0.15) is 0 Å². The quantitative estimate of drug-likeness (QED) is 0.727. The number of hydrogen-bond acceptors (Lipinski definition) is 5. The molecule has 1 amide bonds. The van der Waals surface area contributed by atoms with Crippen LogP contribution in [0.25, 0.3) is 0 Å². The Morgan fingerprint density at radius 1 is 1.07 bits per heavy atom. The number of anilines is 1. The fourth-order valence-electron chi connectivity index (χ4n) is 2.77. The summed E-state index contributed by atoms with van der Waals surface area (Å²) < 4.78 is 52.7. The highest BCUT2D eigenvalue weighted by atomic mass is 32.2. The standard InChI is InChI=1S/C18H15F2NO5S/c19-18(20)27(24,25)14-7-5-13(6-8-14)17(23)26-11-16(22)21-10-9-12-3-1-2-4-15(12)21/h1-8,18H,9-11H2. The lowest BCUT2D eigenvalue weighted by molar-refractivity contribution is -0.121. The van der Waals surface area contributed by atoms with E-state index >= 15 is 0 Å². The molecule has 0 unspecified atom stereocenters. The first-order chi connectivity index (χ1) is 12.8. The fourth-order valence-corrected chi connectivity index (χ4v) is 3.49. The summed E-state index contributed by atoms with van der Waals surface area (Å²) in [7, 11) is -4.73. The van der Waals surface area contributed by atoms with E-state index in [1.165, 1.54) is 4.90 Å². The predicted octanol–water partition coefficient (Wildman–Crippen LogP) is 2.43. The Hall–Kier alpha value is -2.81. The lowest BCUT2D eigenvalue weighted by Gasteiger charge is -2.17. The van der Waals surface area contributed by atoms with Gasteiger partial charge in [0.05, 0.1) is 10.5 Å². The van der Waals surface area contributed by atoms with Crippen LogP contribution in [0.15, 0.2) is 53.4 Å². The molecule has 0 saturated carbocycles. The van der Waals surface area contributed by atoms with Crippen molar-refractivity contribution in [1.29, 1.82) is 0 Å². The molecule has 0 spiro atoms. The number of ether oxygens (including phenoxy) is 1. The van der Waals surface area contributed by atoms with E-state index in [0.29, 0.717) is 6.54 Å². The van der Waals surface area contributed by atoms with E-state index in [-0.39, 0.29) is 11.5 Å². The van der Waals surface area contributed by atoms with Crippen LogP contribution >= 0.6 is 0 Å².